The summed E-state index contributed by atoms with van der Waals surface area (Å²) < 4.78 is 36.8. The molecule has 9 aromatic rings. The molecular formula is C54H39O4P. The summed E-state index contributed by atoms with van der Waals surface area (Å²) in [6.45, 7) is 0. The van der Waals surface area contributed by atoms with E-state index in [-0.39, 0.29) is 0 Å². The lowest BCUT2D eigenvalue weighted by atomic mass is 9.84. The molecule has 0 heterocycles. The van der Waals surface area contributed by atoms with Crippen LogP contribution in [0.1, 0.15) is 0 Å². The maximum atomic E-state index is 16.2. The Kier molecular flexibility index (Phi) is 10.7. The van der Waals surface area contributed by atoms with Gasteiger partial charge in [0.05, 0.1) is 0 Å². The van der Waals surface area contributed by atoms with E-state index in [1.54, 1.807) is 12.1 Å². The quantitative estimate of drug-likeness (QED) is 0.116. The standard InChI is InChI=1S/C54H39O4P/c55-59(56-50-37-21-19-35-46(50)40-23-7-1-8-24-40,57-51-38-22-20-36-47(51)41-25-9-2-10-26-41)58-54-49(43-29-13-4-14-30-43)39-48(42-27-11-3-12-28-42)52(44-31-15-5-16-32-44)53(54)45-33-17-6-18-34-45/h1-39H. The van der Waals surface area contributed by atoms with Gasteiger partial charge < -0.3 is 13.6 Å². The summed E-state index contributed by atoms with van der Waals surface area (Å²) in [5.41, 5.74) is 10.4. The Morgan fingerprint density at radius 3 is 0.983 bits per heavy atom. The van der Waals surface area contributed by atoms with Crippen LogP contribution in [0.5, 0.6) is 17.2 Å². The van der Waals surface area contributed by atoms with Crippen LogP contribution in [-0.2, 0) is 4.57 Å². The molecule has 0 bridgehead atoms. The molecule has 4 nitrogen and oxygen atoms in total. The van der Waals surface area contributed by atoms with E-state index in [1.807, 2.05) is 182 Å². The molecule has 0 aliphatic rings. The molecule has 9 rings (SSSR count). The van der Waals surface area contributed by atoms with Crippen LogP contribution in [0.4, 0.5) is 0 Å². The predicted molar refractivity (Wildman–Crippen MR) is 241 cm³/mol. The second-order valence-electron chi connectivity index (χ2n) is 14.0. The SMILES string of the molecule is O=P(Oc1ccccc1-c1ccccc1)(Oc1ccccc1-c1ccccc1)Oc1c(-c2ccccc2)cc(-c2ccccc2)c(-c2ccccc2)c1-c1ccccc1. The molecule has 0 aliphatic carbocycles. The molecule has 0 amide bonds. The second-order valence-corrected chi connectivity index (χ2v) is 15.4. The van der Waals surface area contributed by atoms with E-state index in [0.717, 1.165) is 66.8 Å². The molecule has 59 heavy (non-hydrogen) atoms. The zero-order chi connectivity index (χ0) is 39.9. The van der Waals surface area contributed by atoms with Gasteiger partial charge in [-0.2, -0.15) is 4.57 Å². The first kappa shape index (κ1) is 37.2. The van der Waals surface area contributed by atoms with Gasteiger partial charge in [0, 0.05) is 27.8 Å². The molecule has 5 heteroatoms. The number of hydrogen-bond acceptors (Lipinski definition) is 4. The minimum absolute atomic E-state index is 0.353. The number of para-hydroxylation sites is 2. The fourth-order valence-corrected chi connectivity index (χ4v) is 8.76. The summed E-state index contributed by atoms with van der Waals surface area (Å²) >= 11 is 0. The lowest BCUT2D eigenvalue weighted by molar-refractivity contribution is 0.300. The summed E-state index contributed by atoms with van der Waals surface area (Å²) in [6, 6.07) is 77.7. The highest BCUT2D eigenvalue weighted by Gasteiger charge is 2.38. The normalized spacial score (nSPS) is 11.1. The Morgan fingerprint density at radius 1 is 0.271 bits per heavy atom. The van der Waals surface area contributed by atoms with Crippen molar-refractivity contribution in [2.75, 3.05) is 0 Å². The molecule has 9 aromatic carbocycles. The summed E-state index contributed by atoms with van der Waals surface area (Å²) in [5.74, 6) is 1.07. The van der Waals surface area contributed by atoms with Crippen LogP contribution in [0.3, 0.4) is 0 Å². The van der Waals surface area contributed by atoms with E-state index >= 15 is 4.57 Å². The maximum Gasteiger partial charge on any atom is 0.647 e. The molecule has 0 radical (unpaired) electrons. The van der Waals surface area contributed by atoms with E-state index < -0.39 is 7.82 Å². The average molecular weight is 783 g/mol. The Morgan fingerprint density at radius 2 is 0.576 bits per heavy atom. The first-order chi connectivity index (χ1) is 29.1. The minimum Gasteiger partial charge on any atom is -0.385 e. The zero-order valence-corrected chi connectivity index (χ0v) is 33.0. The number of phosphoric acid groups is 1. The van der Waals surface area contributed by atoms with Crippen molar-refractivity contribution in [2.45, 2.75) is 0 Å². The average Bonchev–Trinajstić information content (AvgIpc) is 3.31. The largest absolute Gasteiger partial charge is 0.647 e. The van der Waals surface area contributed by atoms with Gasteiger partial charge in [0.15, 0.2) is 0 Å². The third-order valence-electron chi connectivity index (χ3n) is 10.1. The van der Waals surface area contributed by atoms with Gasteiger partial charge in [0.1, 0.15) is 17.2 Å². The number of phosphoric ester groups is 1. The van der Waals surface area contributed by atoms with Crippen LogP contribution in [0.2, 0.25) is 0 Å². The molecule has 284 valence electrons. The Labute approximate surface area is 345 Å². The van der Waals surface area contributed by atoms with Crippen LogP contribution >= 0.6 is 7.82 Å². The fraction of sp³-hybridized carbons (Fsp3) is 0. The Hall–Kier alpha value is -7.39. The van der Waals surface area contributed by atoms with Crippen LogP contribution in [-0.4, -0.2) is 0 Å². The lowest BCUT2D eigenvalue weighted by Crippen LogP contribution is -2.10. The fourth-order valence-electron chi connectivity index (χ4n) is 7.44. The van der Waals surface area contributed by atoms with Crippen LogP contribution in [0.15, 0.2) is 237 Å². The molecule has 0 spiro atoms. The molecule has 0 N–H and O–H groups in total. The van der Waals surface area contributed by atoms with Gasteiger partial charge in [0.2, 0.25) is 0 Å². The third-order valence-corrected chi connectivity index (χ3v) is 11.4. The van der Waals surface area contributed by atoms with Gasteiger partial charge in [-0.25, -0.2) is 0 Å². The van der Waals surface area contributed by atoms with E-state index in [2.05, 4.69) is 42.5 Å². The minimum atomic E-state index is -4.67. The van der Waals surface area contributed by atoms with E-state index in [4.69, 9.17) is 13.6 Å². The molecule has 0 saturated carbocycles. The first-order valence-corrected chi connectivity index (χ1v) is 21.0. The summed E-state index contributed by atoms with van der Waals surface area (Å²) in [7, 11) is -4.67. The van der Waals surface area contributed by atoms with E-state index in [1.165, 1.54) is 0 Å². The Bertz CT molecular complexity index is 2760. The van der Waals surface area contributed by atoms with Gasteiger partial charge in [0.25, 0.3) is 0 Å². The molecule has 0 aromatic heterocycles. The number of rotatable bonds is 12. The van der Waals surface area contributed by atoms with Crippen molar-refractivity contribution in [1.29, 1.82) is 0 Å². The number of hydrogen-bond donors (Lipinski definition) is 0. The van der Waals surface area contributed by atoms with E-state index in [9.17, 15) is 0 Å². The van der Waals surface area contributed by atoms with Crippen molar-refractivity contribution in [3.63, 3.8) is 0 Å². The molecule has 0 aliphatic heterocycles. The summed E-state index contributed by atoms with van der Waals surface area (Å²) in [6.07, 6.45) is 0. The molecule has 0 unspecified atom stereocenters. The maximum absolute atomic E-state index is 16.2. The second kappa shape index (κ2) is 17.0. The highest BCUT2D eigenvalue weighted by atomic mass is 31.2. The van der Waals surface area contributed by atoms with Crippen molar-refractivity contribution in [1.82, 2.24) is 0 Å². The molecule has 0 fully saturated rings. The monoisotopic (exact) mass is 782 g/mol. The van der Waals surface area contributed by atoms with Crippen molar-refractivity contribution >= 4 is 7.82 Å². The van der Waals surface area contributed by atoms with Crippen LogP contribution in [0, 0.1) is 0 Å². The van der Waals surface area contributed by atoms with Gasteiger partial charge in [-0.1, -0.05) is 218 Å². The molecule has 0 saturated heterocycles. The van der Waals surface area contributed by atoms with Crippen molar-refractivity contribution in [2.24, 2.45) is 0 Å². The van der Waals surface area contributed by atoms with Gasteiger partial charge >= 0.3 is 7.82 Å². The van der Waals surface area contributed by atoms with E-state index in [0.29, 0.717) is 17.2 Å². The lowest BCUT2D eigenvalue weighted by Gasteiger charge is -2.27. The molecule has 0 atom stereocenters. The van der Waals surface area contributed by atoms with Gasteiger partial charge in [-0.15, -0.1) is 0 Å². The highest BCUT2D eigenvalue weighted by Crippen LogP contribution is 2.58. The summed E-state index contributed by atoms with van der Waals surface area (Å²) in [4.78, 5) is 0. The van der Waals surface area contributed by atoms with Crippen LogP contribution < -0.4 is 13.6 Å². The van der Waals surface area contributed by atoms with Gasteiger partial charge in [-0.05, 0) is 57.1 Å². The molecular weight excluding hydrogens is 744 g/mol. The topological polar surface area (TPSA) is 44.8 Å². The van der Waals surface area contributed by atoms with Crippen molar-refractivity contribution in [3.05, 3.63) is 237 Å². The predicted octanol–water partition coefficient (Wildman–Crippen LogP) is 15.3. The van der Waals surface area contributed by atoms with Crippen LogP contribution in [0.25, 0.3) is 66.8 Å². The van der Waals surface area contributed by atoms with Crippen molar-refractivity contribution < 1.29 is 18.1 Å². The first-order valence-electron chi connectivity index (χ1n) is 19.5. The smallest absolute Gasteiger partial charge is 0.385 e. The summed E-state index contributed by atoms with van der Waals surface area (Å²) in [5, 5.41) is 0. The van der Waals surface area contributed by atoms with Gasteiger partial charge in [-0.3, -0.25) is 0 Å². The number of benzene rings is 9. The Balaban J connectivity index is 1.34. The highest BCUT2D eigenvalue weighted by molar-refractivity contribution is 7.49. The zero-order valence-electron chi connectivity index (χ0n) is 32.1. The third kappa shape index (κ3) is 8.09. The van der Waals surface area contributed by atoms with Crippen molar-refractivity contribution in [3.8, 4) is 84.0 Å².